The fourth-order valence-electron chi connectivity index (χ4n) is 2.97. The topological polar surface area (TPSA) is 86.1 Å². The number of hydrogen-bond donors (Lipinski definition) is 1. The summed E-state index contributed by atoms with van der Waals surface area (Å²) in [7, 11) is 0. The molecule has 1 aromatic heterocycles. The quantitative estimate of drug-likeness (QED) is 0.891. The van der Waals surface area contributed by atoms with Crippen molar-refractivity contribution in [1.82, 2.24) is 15.2 Å². The summed E-state index contributed by atoms with van der Waals surface area (Å²) in [6.07, 6.45) is 2.50. The van der Waals surface area contributed by atoms with E-state index in [1.165, 1.54) is 0 Å². The maximum Gasteiger partial charge on any atom is 0.245 e. The Labute approximate surface area is 152 Å². The molecule has 1 aromatic carbocycles. The molecule has 6 heteroatoms. The first-order chi connectivity index (χ1) is 12.5. The standard InChI is InChI=1S/C20H20N4O2/c1-14-2-3-17(12-22-14)10-19(25)23-18-8-9-24(20(18)26)13-16-6-4-15(11-21)5-7-16/h2-7,12,18H,8-10,13H2,1H3,(H,23,25). The zero-order chi connectivity index (χ0) is 18.5. The molecule has 0 spiro atoms. The molecule has 2 aromatic rings. The molecule has 1 atom stereocenters. The maximum absolute atomic E-state index is 12.5. The van der Waals surface area contributed by atoms with Crippen molar-refractivity contribution in [1.29, 1.82) is 5.26 Å². The molecule has 132 valence electrons. The first-order valence-corrected chi connectivity index (χ1v) is 8.54. The second kappa shape index (κ2) is 7.79. The van der Waals surface area contributed by atoms with Crippen LogP contribution in [0.1, 0.15) is 28.8 Å². The Morgan fingerprint density at radius 3 is 2.65 bits per heavy atom. The Kier molecular flexibility index (Phi) is 5.28. The van der Waals surface area contributed by atoms with Gasteiger partial charge >= 0.3 is 0 Å². The summed E-state index contributed by atoms with van der Waals surface area (Å²) >= 11 is 0. The third kappa shape index (κ3) is 4.25. The van der Waals surface area contributed by atoms with E-state index in [1.807, 2.05) is 31.2 Å². The molecule has 0 saturated carbocycles. The van der Waals surface area contributed by atoms with E-state index in [-0.39, 0.29) is 18.2 Å². The van der Waals surface area contributed by atoms with Crippen molar-refractivity contribution in [3.8, 4) is 6.07 Å². The van der Waals surface area contributed by atoms with Crippen LogP contribution in [-0.4, -0.2) is 34.3 Å². The van der Waals surface area contributed by atoms with E-state index in [9.17, 15) is 9.59 Å². The smallest absolute Gasteiger partial charge is 0.245 e. The molecule has 6 nitrogen and oxygen atoms in total. The molecule has 1 aliphatic heterocycles. The van der Waals surface area contributed by atoms with Crippen LogP contribution >= 0.6 is 0 Å². The van der Waals surface area contributed by atoms with E-state index in [4.69, 9.17) is 5.26 Å². The van der Waals surface area contributed by atoms with Gasteiger partial charge in [-0.3, -0.25) is 14.6 Å². The van der Waals surface area contributed by atoms with Crippen molar-refractivity contribution >= 4 is 11.8 Å². The first kappa shape index (κ1) is 17.6. The van der Waals surface area contributed by atoms with Crippen LogP contribution in [0.5, 0.6) is 0 Å². The van der Waals surface area contributed by atoms with Crippen LogP contribution in [0.4, 0.5) is 0 Å². The Balaban J connectivity index is 1.54. The average Bonchev–Trinajstić information content (AvgIpc) is 2.97. The van der Waals surface area contributed by atoms with Crippen LogP contribution in [0.2, 0.25) is 0 Å². The van der Waals surface area contributed by atoms with Gasteiger partial charge in [0.1, 0.15) is 6.04 Å². The Morgan fingerprint density at radius 2 is 2.00 bits per heavy atom. The maximum atomic E-state index is 12.5. The minimum Gasteiger partial charge on any atom is -0.344 e. The van der Waals surface area contributed by atoms with Crippen LogP contribution in [0.25, 0.3) is 0 Å². The minimum atomic E-state index is -0.473. The van der Waals surface area contributed by atoms with Gasteiger partial charge in [-0.1, -0.05) is 18.2 Å². The molecule has 1 aliphatic rings. The SMILES string of the molecule is Cc1ccc(CC(=O)NC2CCN(Cc3ccc(C#N)cc3)C2=O)cn1. The third-order valence-corrected chi connectivity index (χ3v) is 4.43. The summed E-state index contributed by atoms with van der Waals surface area (Å²) in [6, 6.07) is 12.5. The number of nitrogens with one attached hydrogen (secondary N) is 1. The van der Waals surface area contributed by atoms with Gasteiger partial charge < -0.3 is 10.2 Å². The summed E-state index contributed by atoms with van der Waals surface area (Å²) in [5.41, 5.74) is 3.29. The molecule has 0 bridgehead atoms. The number of pyridine rings is 1. The van der Waals surface area contributed by atoms with Crippen LogP contribution in [0.3, 0.4) is 0 Å². The normalized spacial score (nSPS) is 16.4. The van der Waals surface area contributed by atoms with Crippen molar-refractivity contribution < 1.29 is 9.59 Å². The lowest BCUT2D eigenvalue weighted by atomic mass is 10.1. The molecule has 0 aliphatic carbocycles. The van der Waals surface area contributed by atoms with E-state index in [0.717, 1.165) is 16.8 Å². The second-order valence-electron chi connectivity index (χ2n) is 6.46. The Bertz CT molecular complexity index is 838. The summed E-state index contributed by atoms with van der Waals surface area (Å²) in [6.45, 7) is 2.98. The second-order valence-corrected chi connectivity index (χ2v) is 6.46. The fourth-order valence-corrected chi connectivity index (χ4v) is 2.97. The first-order valence-electron chi connectivity index (χ1n) is 8.54. The van der Waals surface area contributed by atoms with E-state index >= 15 is 0 Å². The highest BCUT2D eigenvalue weighted by Crippen LogP contribution is 2.16. The van der Waals surface area contributed by atoms with Crippen molar-refractivity contribution in [2.45, 2.75) is 32.4 Å². The summed E-state index contributed by atoms with van der Waals surface area (Å²) in [4.78, 5) is 30.6. The van der Waals surface area contributed by atoms with Crippen molar-refractivity contribution in [2.75, 3.05) is 6.54 Å². The molecule has 0 radical (unpaired) electrons. The number of likely N-dealkylation sites (tertiary alicyclic amines) is 1. The lowest BCUT2D eigenvalue weighted by Crippen LogP contribution is -2.41. The van der Waals surface area contributed by atoms with Crippen molar-refractivity contribution in [3.63, 3.8) is 0 Å². The zero-order valence-corrected chi connectivity index (χ0v) is 14.6. The van der Waals surface area contributed by atoms with Gasteiger partial charge in [-0.05, 0) is 42.7 Å². The molecule has 2 heterocycles. The number of hydrogen-bond acceptors (Lipinski definition) is 4. The molecule has 2 amide bonds. The van der Waals surface area contributed by atoms with Gasteiger partial charge in [0.15, 0.2) is 0 Å². The van der Waals surface area contributed by atoms with E-state index in [0.29, 0.717) is 25.1 Å². The zero-order valence-electron chi connectivity index (χ0n) is 14.6. The predicted octanol–water partition coefficient (Wildman–Crippen LogP) is 1.72. The number of aryl methyl sites for hydroxylation is 1. The average molecular weight is 348 g/mol. The minimum absolute atomic E-state index is 0.0651. The molecule has 26 heavy (non-hydrogen) atoms. The van der Waals surface area contributed by atoms with Gasteiger partial charge in [0.2, 0.25) is 11.8 Å². The molecule has 1 unspecified atom stereocenters. The molecule has 1 fully saturated rings. The van der Waals surface area contributed by atoms with Gasteiger partial charge in [-0.2, -0.15) is 5.26 Å². The highest BCUT2D eigenvalue weighted by molar-refractivity contribution is 5.89. The number of carbonyl (C=O) groups excluding carboxylic acids is 2. The predicted molar refractivity (Wildman–Crippen MR) is 95.8 cm³/mol. The molecule has 3 rings (SSSR count). The summed E-state index contributed by atoms with van der Waals surface area (Å²) in [5.74, 6) is -0.237. The molecule has 1 N–H and O–H groups in total. The van der Waals surface area contributed by atoms with Crippen LogP contribution in [0.15, 0.2) is 42.6 Å². The van der Waals surface area contributed by atoms with E-state index < -0.39 is 6.04 Å². The lowest BCUT2D eigenvalue weighted by Gasteiger charge is -2.17. The van der Waals surface area contributed by atoms with E-state index in [2.05, 4.69) is 16.4 Å². The number of carbonyl (C=O) groups is 2. The number of amides is 2. The fraction of sp³-hybridized carbons (Fsp3) is 0.300. The van der Waals surface area contributed by atoms with Crippen molar-refractivity contribution in [3.05, 3.63) is 65.0 Å². The Morgan fingerprint density at radius 1 is 1.27 bits per heavy atom. The number of nitriles is 1. The number of rotatable bonds is 5. The number of benzene rings is 1. The molecule has 1 saturated heterocycles. The highest BCUT2D eigenvalue weighted by Gasteiger charge is 2.32. The number of aromatic nitrogens is 1. The molecular weight excluding hydrogens is 328 g/mol. The van der Waals surface area contributed by atoms with Crippen molar-refractivity contribution in [2.24, 2.45) is 0 Å². The Hall–Kier alpha value is -3.20. The van der Waals surface area contributed by atoms with Gasteiger partial charge in [0.05, 0.1) is 18.1 Å². The van der Waals surface area contributed by atoms with Gasteiger partial charge in [-0.15, -0.1) is 0 Å². The van der Waals surface area contributed by atoms with Gasteiger partial charge in [0.25, 0.3) is 0 Å². The highest BCUT2D eigenvalue weighted by atomic mass is 16.2. The molecular formula is C20H20N4O2. The largest absolute Gasteiger partial charge is 0.344 e. The van der Waals surface area contributed by atoms with E-state index in [1.54, 1.807) is 23.2 Å². The van der Waals surface area contributed by atoms with Crippen LogP contribution in [0, 0.1) is 18.3 Å². The summed E-state index contributed by atoms with van der Waals surface area (Å²) < 4.78 is 0. The number of nitrogens with zero attached hydrogens (tertiary/aromatic N) is 3. The van der Waals surface area contributed by atoms with Gasteiger partial charge in [-0.25, -0.2) is 0 Å². The third-order valence-electron chi connectivity index (χ3n) is 4.43. The van der Waals surface area contributed by atoms with Crippen LogP contribution in [-0.2, 0) is 22.6 Å². The summed E-state index contributed by atoms with van der Waals surface area (Å²) in [5, 5.41) is 11.7. The monoisotopic (exact) mass is 348 g/mol. The van der Waals surface area contributed by atoms with Crippen LogP contribution < -0.4 is 5.32 Å². The van der Waals surface area contributed by atoms with Gasteiger partial charge in [0, 0.05) is 25.0 Å². The lowest BCUT2D eigenvalue weighted by molar-refractivity contribution is -0.132.